The Hall–Kier alpha value is -6.58. The van der Waals surface area contributed by atoms with Crippen LogP contribution in [0.3, 0.4) is 0 Å². The zero-order valence-electron chi connectivity index (χ0n) is 32.2. The van der Waals surface area contributed by atoms with Gasteiger partial charge < -0.3 is 9.64 Å². The molecule has 0 aliphatic rings. The minimum atomic E-state index is 0.511. The monoisotopic (exact) mass is 717 g/mol. The van der Waals surface area contributed by atoms with Crippen molar-refractivity contribution in [2.45, 2.75) is 27.1 Å². The summed E-state index contributed by atoms with van der Waals surface area (Å²) < 4.78 is 6.14. The van der Waals surface area contributed by atoms with E-state index >= 15 is 0 Å². The molecule has 10 rings (SSSR count). The van der Waals surface area contributed by atoms with E-state index in [0.29, 0.717) is 6.32 Å². The highest BCUT2D eigenvalue weighted by atomic mass is 16.5. The molecule has 2 nitrogen and oxygen atoms in total. The Balaban J connectivity index is 1.25. The highest BCUT2D eigenvalue weighted by Gasteiger charge is 2.23. The van der Waals surface area contributed by atoms with Crippen LogP contribution in [0.4, 0.5) is 17.1 Å². The Bertz CT molecular complexity index is 3010. The second-order valence-corrected chi connectivity index (χ2v) is 15.3. The van der Waals surface area contributed by atoms with Gasteiger partial charge in [-0.1, -0.05) is 138 Å². The number of hydrogen-bond donors (Lipinski definition) is 0. The van der Waals surface area contributed by atoms with Gasteiger partial charge in [-0.15, -0.1) is 0 Å². The summed E-state index contributed by atoms with van der Waals surface area (Å²) in [5, 5.41) is 12.1. The summed E-state index contributed by atoms with van der Waals surface area (Å²) >= 11 is 0. The molecule has 0 fully saturated rings. The Morgan fingerprint density at radius 3 is 1.57 bits per heavy atom. The number of aryl methyl sites for hydroxylation is 3. The summed E-state index contributed by atoms with van der Waals surface area (Å²) in [5.74, 6) is 0.875. The number of benzene rings is 10. The fourth-order valence-corrected chi connectivity index (χ4v) is 9.01. The first kappa shape index (κ1) is 34.0. The smallest absolute Gasteiger partial charge is 0.127 e. The third kappa shape index (κ3) is 5.41. The lowest BCUT2D eigenvalue weighted by atomic mass is 9.85. The van der Waals surface area contributed by atoms with Crippen LogP contribution in [0.1, 0.15) is 22.3 Å². The molecule has 10 aromatic rings. The van der Waals surface area contributed by atoms with Crippen molar-refractivity contribution in [3.05, 3.63) is 180 Å². The third-order valence-electron chi connectivity index (χ3n) is 11.6. The van der Waals surface area contributed by atoms with Crippen molar-refractivity contribution in [2.24, 2.45) is 0 Å². The topological polar surface area (TPSA) is 12.5 Å². The predicted molar refractivity (Wildman–Crippen MR) is 241 cm³/mol. The van der Waals surface area contributed by atoms with E-state index in [0.717, 1.165) is 39.2 Å². The predicted octanol–water partition coefficient (Wildman–Crippen LogP) is 14.3. The minimum absolute atomic E-state index is 0.511. The van der Waals surface area contributed by atoms with Crippen LogP contribution in [0.15, 0.2) is 158 Å². The first-order valence-corrected chi connectivity index (χ1v) is 19.4. The quantitative estimate of drug-likeness (QED) is 0.0925. The van der Waals surface area contributed by atoms with E-state index in [1.165, 1.54) is 82.0 Å². The van der Waals surface area contributed by atoms with Crippen molar-refractivity contribution in [2.75, 3.05) is 12.0 Å². The van der Waals surface area contributed by atoms with Gasteiger partial charge in [0.1, 0.15) is 5.75 Å². The van der Waals surface area contributed by atoms with E-state index in [9.17, 15) is 0 Å². The molecule has 266 valence electrons. The summed E-state index contributed by atoms with van der Waals surface area (Å²) in [4.78, 5) is 2.43. The summed E-state index contributed by atoms with van der Waals surface area (Å²) in [6, 6.07) is 58.3. The van der Waals surface area contributed by atoms with E-state index < -0.39 is 0 Å². The van der Waals surface area contributed by atoms with Crippen LogP contribution in [-0.2, 0) is 6.32 Å². The molecule has 0 heterocycles. The Labute approximate surface area is 329 Å². The maximum atomic E-state index is 6.14. The second kappa shape index (κ2) is 13.3. The molecule has 2 radical (unpaired) electrons. The first-order valence-electron chi connectivity index (χ1n) is 19.4. The lowest BCUT2D eigenvalue weighted by Gasteiger charge is -2.30. The molecule has 0 amide bonds. The number of ether oxygens (including phenoxy) is 1. The normalized spacial score (nSPS) is 11.7. The number of fused-ring (bicyclic) bond motifs is 2. The highest BCUT2D eigenvalue weighted by Crippen LogP contribution is 2.50. The van der Waals surface area contributed by atoms with Crippen LogP contribution in [0, 0.1) is 20.8 Å². The summed E-state index contributed by atoms with van der Waals surface area (Å²) in [6.07, 6.45) is 0.511. The fourth-order valence-electron chi connectivity index (χ4n) is 9.01. The van der Waals surface area contributed by atoms with Gasteiger partial charge in [-0.2, -0.15) is 0 Å². The van der Waals surface area contributed by atoms with E-state index in [-0.39, 0.29) is 0 Å². The Morgan fingerprint density at radius 1 is 0.482 bits per heavy atom. The van der Waals surface area contributed by atoms with E-state index in [4.69, 9.17) is 12.6 Å². The standard InChI is InChI=1S/C53H40BNO/c1-32-13-19-40(20-14-32)55(41-21-15-33(2)16-22-41)53-45-11-7-5-9-42(45)51(43-10-6-8-12-46(43)53)39-26-34(3)25-38(29-39)48-30-49(56-4)47-24-18-37-28-35(31-54)27-36-17-23-44(48)52(47)50(36)37/h5-30H,31H2,1-4H3. The molecule has 0 aliphatic carbocycles. The molecule has 0 aromatic heterocycles. The average molecular weight is 718 g/mol. The van der Waals surface area contributed by atoms with Crippen molar-refractivity contribution < 1.29 is 4.74 Å². The fraction of sp³-hybridized carbons (Fsp3) is 0.0943. The van der Waals surface area contributed by atoms with Crippen LogP contribution in [0.2, 0.25) is 0 Å². The van der Waals surface area contributed by atoms with Crippen LogP contribution >= 0.6 is 0 Å². The van der Waals surface area contributed by atoms with Gasteiger partial charge in [0.05, 0.1) is 20.6 Å². The number of anilines is 3. The van der Waals surface area contributed by atoms with Gasteiger partial charge in [0.2, 0.25) is 0 Å². The number of hydrogen-bond acceptors (Lipinski definition) is 2. The minimum Gasteiger partial charge on any atom is -0.496 e. The van der Waals surface area contributed by atoms with Crippen molar-refractivity contribution in [1.82, 2.24) is 0 Å². The molecule has 0 saturated carbocycles. The Morgan fingerprint density at radius 2 is 1.02 bits per heavy atom. The van der Waals surface area contributed by atoms with Gasteiger partial charge in [0, 0.05) is 32.9 Å². The van der Waals surface area contributed by atoms with E-state index in [1.54, 1.807) is 7.11 Å². The second-order valence-electron chi connectivity index (χ2n) is 15.3. The van der Waals surface area contributed by atoms with Crippen molar-refractivity contribution in [3.63, 3.8) is 0 Å². The molecule has 0 bridgehead atoms. The van der Waals surface area contributed by atoms with Crippen LogP contribution in [0.5, 0.6) is 5.75 Å². The van der Waals surface area contributed by atoms with Gasteiger partial charge >= 0.3 is 0 Å². The molecule has 10 aromatic carbocycles. The van der Waals surface area contributed by atoms with Gasteiger partial charge in [0.25, 0.3) is 0 Å². The molecule has 3 heteroatoms. The summed E-state index contributed by atoms with van der Waals surface area (Å²) in [6.45, 7) is 6.50. The van der Waals surface area contributed by atoms with Gasteiger partial charge in [-0.25, -0.2) is 0 Å². The molecule has 0 N–H and O–H groups in total. The molecule has 0 aliphatic heterocycles. The lowest BCUT2D eigenvalue weighted by molar-refractivity contribution is 0.420. The van der Waals surface area contributed by atoms with Crippen LogP contribution < -0.4 is 9.64 Å². The highest BCUT2D eigenvalue weighted by molar-refractivity contribution is 6.27. The van der Waals surface area contributed by atoms with E-state index in [1.807, 2.05) is 0 Å². The average Bonchev–Trinajstić information content (AvgIpc) is 3.23. The summed E-state index contributed by atoms with van der Waals surface area (Å²) in [5.41, 5.74) is 13.0. The van der Waals surface area contributed by atoms with Gasteiger partial charge in [0.15, 0.2) is 0 Å². The SMILES string of the molecule is [B]Cc1cc2ccc3c(OC)cc(-c4cc(C)cc(-c5c6ccccc6c(N(c6ccc(C)cc6)c6ccc(C)cc6)c6ccccc56)c4)c4ccc(c1)c2c34. The first-order chi connectivity index (χ1) is 27.4. The largest absolute Gasteiger partial charge is 0.496 e. The number of rotatable bonds is 7. The Kier molecular flexibility index (Phi) is 8.08. The zero-order valence-corrected chi connectivity index (χ0v) is 32.2. The molecule has 0 unspecified atom stereocenters. The van der Waals surface area contributed by atoms with E-state index in [2.05, 4.69) is 183 Å². The maximum Gasteiger partial charge on any atom is 0.127 e. The maximum absolute atomic E-state index is 6.14. The molecular formula is C53H40BNO. The zero-order chi connectivity index (χ0) is 38.1. The van der Waals surface area contributed by atoms with Crippen molar-refractivity contribution in [3.8, 4) is 28.0 Å². The van der Waals surface area contributed by atoms with Gasteiger partial charge in [-0.05, 0) is 123 Å². The van der Waals surface area contributed by atoms with Crippen molar-refractivity contribution >= 4 is 78.8 Å². The molecule has 0 saturated heterocycles. The van der Waals surface area contributed by atoms with Crippen LogP contribution in [-0.4, -0.2) is 15.0 Å². The number of nitrogens with zero attached hydrogens (tertiary/aromatic N) is 1. The molecular weight excluding hydrogens is 677 g/mol. The lowest BCUT2D eigenvalue weighted by Crippen LogP contribution is -2.11. The molecule has 0 atom stereocenters. The van der Waals surface area contributed by atoms with Gasteiger partial charge in [-0.3, -0.25) is 0 Å². The van der Waals surface area contributed by atoms with Crippen molar-refractivity contribution in [1.29, 1.82) is 0 Å². The molecule has 0 spiro atoms. The molecule has 56 heavy (non-hydrogen) atoms. The summed E-state index contributed by atoms with van der Waals surface area (Å²) in [7, 11) is 7.90. The number of methoxy groups -OCH3 is 1. The van der Waals surface area contributed by atoms with Crippen LogP contribution in [0.25, 0.3) is 76.1 Å². The third-order valence-corrected chi connectivity index (χ3v) is 11.6.